The van der Waals surface area contributed by atoms with E-state index in [2.05, 4.69) is 33.4 Å². The maximum Gasteiger partial charge on any atom is 0.136 e. The number of carbonyl (C=O) groups excluding carboxylic acids is 1. The van der Waals surface area contributed by atoms with Crippen LogP contribution in [0.4, 0.5) is 0 Å². The van der Waals surface area contributed by atoms with Gasteiger partial charge < -0.3 is 0 Å². The summed E-state index contributed by atoms with van der Waals surface area (Å²) in [5, 5.41) is 0. The minimum atomic E-state index is 0.137. The number of hydrogen-bond donors (Lipinski definition) is 0. The van der Waals surface area contributed by atoms with Gasteiger partial charge >= 0.3 is 0 Å². The molecule has 0 rings (SSSR count). The first-order chi connectivity index (χ1) is 7.82. The Balaban J connectivity index is 3.94. The first kappa shape index (κ1) is 16.1. The molecule has 0 saturated heterocycles. The Kier molecular flexibility index (Phi) is 7.86. The number of ketones is 1. The van der Waals surface area contributed by atoms with E-state index in [0.717, 1.165) is 24.8 Å². The van der Waals surface area contributed by atoms with Crippen molar-refractivity contribution < 1.29 is 4.79 Å². The molecule has 17 heavy (non-hydrogen) atoms. The van der Waals surface area contributed by atoms with Crippen molar-refractivity contribution in [3.8, 4) is 0 Å². The second-order valence-corrected chi connectivity index (χ2v) is 5.70. The summed E-state index contributed by atoms with van der Waals surface area (Å²) in [6.07, 6.45) is 5.99. The van der Waals surface area contributed by atoms with Gasteiger partial charge in [0.15, 0.2) is 0 Å². The lowest BCUT2D eigenvalue weighted by molar-refractivity contribution is -0.123. The number of carbonyl (C=O) groups is 1. The van der Waals surface area contributed by atoms with Gasteiger partial charge in [-0.05, 0) is 46.0 Å². The van der Waals surface area contributed by atoms with E-state index in [1.54, 1.807) is 0 Å². The van der Waals surface area contributed by atoms with Gasteiger partial charge in [0.2, 0.25) is 0 Å². The van der Waals surface area contributed by atoms with E-state index in [9.17, 15) is 4.79 Å². The lowest BCUT2D eigenvalue weighted by atomic mass is 9.90. The molecule has 0 heterocycles. The minimum absolute atomic E-state index is 0.137. The van der Waals surface area contributed by atoms with Crippen LogP contribution in [0.2, 0.25) is 0 Å². The fraction of sp³-hybridized carbons (Fsp3) is 0.688. The van der Waals surface area contributed by atoms with Crippen LogP contribution in [0.1, 0.15) is 60.3 Å². The molecule has 0 aromatic rings. The second kappa shape index (κ2) is 8.27. The summed E-state index contributed by atoms with van der Waals surface area (Å²) in [6, 6.07) is 0. The van der Waals surface area contributed by atoms with Gasteiger partial charge in [0.1, 0.15) is 5.78 Å². The Morgan fingerprint density at radius 1 is 1.18 bits per heavy atom. The van der Waals surface area contributed by atoms with Crippen molar-refractivity contribution in [1.82, 2.24) is 0 Å². The largest absolute Gasteiger partial charge is 0.299 e. The lowest BCUT2D eigenvalue weighted by Gasteiger charge is -2.14. The summed E-state index contributed by atoms with van der Waals surface area (Å²) in [4.78, 5) is 11.9. The summed E-state index contributed by atoms with van der Waals surface area (Å²) >= 11 is 0. The molecule has 0 aliphatic carbocycles. The smallest absolute Gasteiger partial charge is 0.136 e. The highest BCUT2D eigenvalue weighted by Gasteiger charge is 2.15. The molecule has 0 aromatic heterocycles. The van der Waals surface area contributed by atoms with E-state index in [0.29, 0.717) is 18.1 Å². The molecule has 0 radical (unpaired) electrons. The lowest BCUT2D eigenvalue weighted by Crippen LogP contribution is -2.14. The monoisotopic (exact) mass is 236 g/mol. The zero-order valence-corrected chi connectivity index (χ0v) is 12.2. The van der Waals surface area contributed by atoms with Gasteiger partial charge in [-0.15, -0.1) is 6.58 Å². The molecule has 0 aromatic carbocycles. The van der Waals surface area contributed by atoms with Crippen molar-refractivity contribution in [1.29, 1.82) is 0 Å². The summed E-state index contributed by atoms with van der Waals surface area (Å²) in [5.74, 6) is 1.02. The number of hydrogen-bond acceptors (Lipinski definition) is 1. The van der Waals surface area contributed by atoms with Crippen LogP contribution in [0, 0.1) is 11.8 Å². The van der Waals surface area contributed by atoms with Gasteiger partial charge in [-0.2, -0.15) is 0 Å². The van der Waals surface area contributed by atoms with Crippen LogP contribution < -0.4 is 0 Å². The Morgan fingerprint density at radius 3 is 2.24 bits per heavy atom. The summed E-state index contributed by atoms with van der Waals surface area (Å²) < 4.78 is 0. The van der Waals surface area contributed by atoms with Crippen LogP contribution in [0.5, 0.6) is 0 Å². The van der Waals surface area contributed by atoms with Crippen molar-refractivity contribution in [3.05, 3.63) is 23.8 Å². The molecule has 0 aliphatic heterocycles. The summed E-state index contributed by atoms with van der Waals surface area (Å²) in [7, 11) is 0. The van der Waals surface area contributed by atoms with Gasteiger partial charge in [0, 0.05) is 12.3 Å². The predicted molar refractivity (Wildman–Crippen MR) is 76.0 cm³/mol. The van der Waals surface area contributed by atoms with Crippen molar-refractivity contribution >= 4 is 5.78 Å². The van der Waals surface area contributed by atoms with E-state index in [4.69, 9.17) is 0 Å². The Labute approximate surface area is 107 Å². The van der Waals surface area contributed by atoms with Crippen LogP contribution >= 0.6 is 0 Å². The van der Waals surface area contributed by atoms with Crippen LogP contribution in [0.25, 0.3) is 0 Å². The predicted octanol–water partition coefficient (Wildman–Crippen LogP) is 4.93. The van der Waals surface area contributed by atoms with Crippen molar-refractivity contribution in [2.24, 2.45) is 11.8 Å². The molecule has 2 atom stereocenters. The first-order valence-electron chi connectivity index (χ1n) is 6.63. The number of allylic oxidation sites excluding steroid dienone is 3. The quantitative estimate of drug-likeness (QED) is 0.546. The summed E-state index contributed by atoms with van der Waals surface area (Å²) in [6.45, 7) is 14.3. The highest BCUT2D eigenvalue weighted by molar-refractivity contribution is 5.81. The first-order valence-corrected chi connectivity index (χ1v) is 6.63. The van der Waals surface area contributed by atoms with Crippen molar-refractivity contribution in [2.75, 3.05) is 0 Å². The molecular weight excluding hydrogens is 208 g/mol. The van der Waals surface area contributed by atoms with E-state index >= 15 is 0 Å². The SMILES string of the molecule is C=C(C)CC(C)C(=O)CC(C)CCC=C(C)C. The van der Waals surface area contributed by atoms with Gasteiger partial charge in [0.25, 0.3) is 0 Å². The molecule has 0 aliphatic rings. The van der Waals surface area contributed by atoms with Gasteiger partial charge in [-0.1, -0.05) is 31.1 Å². The van der Waals surface area contributed by atoms with Crippen LogP contribution in [-0.4, -0.2) is 5.78 Å². The van der Waals surface area contributed by atoms with Gasteiger partial charge in [0.05, 0.1) is 0 Å². The van der Waals surface area contributed by atoms with Gasteiger partial charge in [-0.3, -0.25) is 4.79 Å². The highest BCUT2D eigenvalue weighted by atomic mass is 16.1. The molecule has 1 nitrogen and oxygen atoms in total. The van der Waals surface area contributed by atoms with E-state index in [1.165, 1.54) is 5.57 Å². The third-order valence-electron chi connectivity index (χ3n) is 2.97. The maximum atomic E-state index is 11.9. The average Bonchev–Trinajstić information content (AvgIpc) is 2.15. The Bertz CT molecular complexity index is 282. The van der Waals surface area contributed by atoms with E-state index < -0.39 is 0 Å². The maximum absolute atomic E-state index is 11.9. The van der Waals surface area contributed by atoms with Gasteiger partial charge in [-0.25, -0.2) is 0 Å². The number of rotatable bonds is 8. The molecule has 0 saturated carbocycles. The highest BCUT2D eigenvalue weighted by Crippen LogP contribution is 2.18. The molecule has 0 bridgehead atoms. The van der Waals surface area contributed by atoms with Crippen LogP contribution in [0.15, 0.2) is 23.8 Å². The average molecular weight is 236 g/mol. The third kappa shape index (κ3) is 8.91. The van der Waals surface area contributed by atoms with Crippen molar-refractivity contribution in [3.63, 3.8) is 0 Å². The Morgan fingerprint density at radius 2 is 1.76 bits per heavy atom. The third-order valence-corrected chi connectivity index (χ3v) is 2.97. The fourth-order valence-electron chi connectivity index (χ4n) is 1.94. The molecule has 0 amide bonds. The molecule has 0 spiro atoms. The zero-order valence-electron chi connectivity index (χ0n) is 12.2. The standard InChI is InChI=1S/C16H28O/c1-12(2)8-7-9-14(5)11-16(17)15(6)10-13(3)4/h8,14-15H,3,7,9-11H2,1-2,4-6H3. The molecular formula is C16H28O. The molecule has 98 valence electrons. The molecule has 0 fully saturated rings. The summed E-state index contributed by atoms with van der Waals surface area (Å²) in [5.41, 5.74) is 2.46. The Hall–Kier alpha value is -0.850. The van der Waals surface area contributed by atoms with Crippen molar-refractivity contribution in [2.45, 2.75) is 60.3 Å². The zero-order chi connectivity index (χ0) is 13.4. The molecule has 1 heteroatoms. The molecule has 0 N–H and O–H groups in total. The molecule has 2 unspecified atom stereocenters. The topological polar surface area (TPSA) is 17.1 Å². The number of Topliss-reactive ketones (excluding diaryl/α,β-unsaturated/α-hetero) is 1. The fourth-order valence-corrected chi connectivity index (χ4v) is 1.94. The van der Waals surface area contributed by atoms with E-state index in [-0.39, 0.29) is 5.92 Å². The van der Waals surface area contributed by atoms with E-state index in [1.807, 2.05) is 13.8 Å². The minimum Gasteiger partial charge on any atom is -0.299 e. The second-order valence-electron chi connectivity index (χ2n) is 5.70. The van der Waals surface area contributed by atoms with Crippen LogP contribution in [-0.2, 0) is 4.79 Å². The normalized spacial score (nSPS) is 13.9. The van der Waals surface area contributed by atoms with Crippen LogP contribution in [0.3, 0.4) is 0 Å².